The van der Waals surface area contributed by atoms with Crippen molar-refractivity contribution in [1.82, 2.24) is 15.2 Å². The van der Waals surface area contributed by atoms with Crippen LogP contribution in [0.5, 0.6) is 0 Å². The summed E-state index contributed by atoms with van der Waals surface area (Å²) >= 11 is 0. The number of hydrogen-bond donors (Lipinski definition) is 2. The van der Waals surface area contributed by atoms with Crippen molar-refractivity contribution in [3.05, 3.63) is 23.7 Å². The maximum absolute atomic E-state index is 11.4. The van der Waals surface area contributed by atoms with Crippen molar-refractivity contribution in [2.75, 3.05) is 20.1 Å². The lowest BCUT2D eigenvalue weighted by molar-refractivity contribution is 0.0953. The first kappa shape index (κ1) is 13.6. The molecule has 1 aromatic rings. The zero-order chi connectivity index (χ0) is 14.1. The number of carbonyl (C=O) groups excluding carboxylic acids is 1. The van der Waals surface area contributed by atoms with Crippen LogP contribution >= 0.6 is 0 Å². The molecule has 3 heterocycles. The quantitative estimate of drug-likeness (QED) is 0.480. The second kappa shape index (κ2) is 5.55. The van der Waals surface area contributed by atoms with Gasteiger partial charge in [0.05, 0.1) is 12.1 Å². The molecule has 20 heavy (non-hydrogen) atoms. The molecule has 1 amide bonds. The van der Waals surface area contributed by atoms with E-state index in [1.807, 2.05) is 0 Å². The Labute approximate surface area is 118 Å². The fraction of sp³-hybridized carbons (Fsp3) is 0.643. The Morgan fingerprint density at radius 1 is 1.45 bits per heavy atom. The molecule has 0 aliphatic carbocycles. The lowest BCUT2D eigenvalue weighted by Gasteiger charge is -2.24. The predicted molar refractivity (Wildman–Crippen MR) is 74.8 cm³/mol. The van der Waals surface area contributed by atoms with E-state index in [0.29, 0.717) is 11.6 Å². The first-order chi connectivity index (χ1) is 9.67. The van der Waals surface area contributed by atoms with Gasteiger partial charge in [-0.25, -0.2) is 5.84 Å². The maximum atomic E-state index is 11.4. The fourth-order valence-corrected chi connectivity index (χ4v) is 3.41. The van der Waals surface area contributed by atoms with Crippen LogP contribution in [0, 0.1) is 0 Å². The van der Waals surface area contributed by atoms with Crippen LogP contribution in [0.2, 0.25) is 0 Å². The minimum atomic E-state index is -0.311. The Morgan fingerprint density at radius 2 is 2.25 bits per heavy atom. The molecule has 6 nitrogen and oxygen atoms in total. The van der Waals surface area contributed by atoms with Crippen molar-refractivity contribution in [3.8, 4) is 0 Å². The molecule has 2 unspecified atom stereocenters. The molecule has 0 aromatic carbocycles. The Hall–Kier alpha value is -1.37. The summed E-state index contributed by atoms with van der Waals surface area (Å²) in [5.41, 5.74) is 2.60. The topological polar surface area (TPSA) is 74.7 Å². The highest BCUT2D eigenvalue weighted by Crippen LogP contribution is 2.29. The van der Waals surface area contributed by atoms with Gasteiger partial charge in [0.15, 0.2) is 0 Å². The molecule has 3 N–H and O–H groups in total. The van der Waals surface area contributed by atoms with E-state index in [0.717, 1.165) is 31.4 Å². The number of rotatable bonds is 3. The summed E-state index contributed by atoms with van der Waals surface area (Å²) in [6.45, 7) is 2.92. The number of nitrogens with one attached hydrogen (secondary N) is 1. The third kappa shape index (κ3) is 2.59. The van der Waals surface area contributed by atoms with Crippen molar-refractivity contribution in [2.45, 2.75) is 37.9 Å². The number of hydrogen-bond acceptors (Lipinski definition) is 5. The van der Waals surface area contributed by atoms with E-state index < -0.39 is 0 Å². The van der Waals surface area contributed by atoms with Gasteiger partial charge in [0.25, 0.3) is 5.91 Å². The molecule has 0 saturated carbocycles. The van der Waals surface area contributed by atoms with E-state index in [1.165, 1.54) is 25.5 Å². The number of likely N-dealkylation sites (N-methyl/N-ethyl adjacent to an activating group) is 1. The SMILES string of the molecule is CN1C2CCC1CN(Cc1cc(C(=O)NN)co1)CC2. The molecule has 2 saturated heterocycles. The van der Waals surface area contributed by atoms with Crippen LogP contribution in [-0.4, -0.2) is 47.9 Å². The summed E-state index contributed by atoms with van der Waals surface area (Å²) in [5, 5.41) is 0. The maximum Gasteiger partial charge on any atom is 0.268 e. The first-order valence-electron chi connectivity index (χ1n) is 7.20. The van der Waals surface area contributed by atoms with Gasteiger partial charge < -0.3 is 4.42 Å². The molecular weight excluding hydrogens is 256 g/mol. The van der Waals surface area contributed by atoms with Crippen LogP contribution in [0.3, 0.4) is 0 Å². The van der Waals surface area contributed by atoms with Gasteiger partial charge >= 0.3 is 0 Å². The van der Waals surface area contributed by atoms with Crippen LogP contribution in [0.25, 0.3) is 0 Å². The predicted octanol–water partition coefficient (Wildman–Crippen LogP) is 0.552. The van der Waals surface area contributed by atoms with E-state index in [1.54, 1.807) is 6.07 Å². The minimum Gasteiger partial charge on any atom is -0.467 e. The van der Waals surface area contributed by atoms with Gasteiger partial charge in [-0.15, -0.1) is 0 Å². The van der Waals surface area contributed by atoms with Crippen molar-refractivity contribution >= 4 is 5.91 Å². The Morgan fingerprint density at radius 3 is 3.05 bits per heavy atom. The van der Waals surface area contributed by atoms with Crippen molar-refractivity contribution in [2.24, 2.45) is 5.84 Å². The zero-order valence-electron chi connectivity index (χ0n) is 11.8. The largest absolute Gasteiger partial charge is 0.467 e. The van der Waals surface area contributed by atoms with Gasteiger partial charge in [-0.05, 0) is 32.4 Å². The Kier molecular flexibility index (Phi) is 3.78. The monoisotopic (exact) mass is 278 g/mol. The smallest absolute Gasteiger partial charge is 0.268 e. The number of furan rings is 1. The van der Waals surface area contributed by atoms with Crippen LogP contribution in [0.4, 0.5) is 0 Å². The molecule has 2 aliphatic rings. The third-order valence-electron chi connectivity index (χ3n) is 4.66. The Balaban J connectivity index is 1.63. The van der Waals surface area contributed by atoms with Crippen molar-refractivity contribution in [3.63, 3.8) is 0 Å². The van der Waals surface area contributed by atoms with E-state index in [4.69, 9.17) is 10.3 Å². The third-order valence-corrected chi connectivity index (χ3v) is 4.66. The number of nitrogens with zero attached hydrogens (tertiary/aromatic N) is 2. The van der Waals surface area contributed by atoms with Crippen molar-refractivity contribution in [1.29, 1.82) is 0 Å². The highest BCUT2D eigenvalue weighted by molar-refractivity contribution is 5.93. The van der Waals surface area contributed by atoms with E-state index in [9.17, 15) is 4.79 Å². The summed E-state index contributed by atoms with van der Waals surface area (Å²) in [7, 11) is 2.24. The molecule has 2 aliphatic heterocycles. The molecule has 2 bridgehead atoms. The van der Waals surface area contributed by atoms with Crippen LogP contribution in [-0.2, 0) is 6.54 Å². The minimum absolute atomic E-state index is 0.311. The van der Waals surface area contributed by atoms with Gasteiger partial charge in [-0.2, -0.15) is 0 Å². The fourth-order valence-electron chi connectivity index (χ4n) is 3.41. The van der Waals surface area contributed by atoms with Gasteiger partial charge in [0, 0.05) is 25.2 Å². The van der Waals surface area contributed by atoms with Crippen LogP contribution in [0.1, 0.15) is 35.4 Å². The molecule has 3 rings (SSSR count). The van der Waals surface area contributed by atoms with E-state index >= 15 is 0 Å². The number of hydrazine groups is 1. The number of fused-ring (bicyclic) bond motifs is 2. The average Bonchev–Trinajstić information content (AvgIpc) is 2.98. The number of carbonyl (C=O) groups is 1. The summed E-state index contributed by atoms with van der Waals surface area (Å²) < 4.78 is 5.47. The highest BCUT2D eigenvalue weighted by atomic mass is 16.3. The van der Waals surface area contributed by atoms with Gasteiger partial charge in [0.2, 0.25) is 0 Å². The number of nitrogens with two attached hydrogens (primary N) is 1. The van der Waals surface area contributed by atoms with Crippen LogP contribution < -0.4 is 11.3 Å². The number of likely N-dealkylation sites (tertiary alicyclic amines) is 1. The number of amides is 1. The zero-order valence-corrected chi connectivity index (χ0v) is 11.8. The highest BCUT2D eigenvalue weighted by Gasteiger charge is 2.34. The Bertz CT molecular complexity index is 487. The molecule has 110 valence electrons. The van der Waals surface area contributed by atoms with Crippen molar-refractivity contribution < 1.29 is 9.21 Å². The number of nitrogen functional groups attached to an aromatic ring is 1. The van der Waals surface area contributed by atoms with Gasteiger partial charge in [-0.1, -0.05) is 0 Å². The second-order valence-corrected chi connectivity index (χ2v) is 5.85. The van der Waals surface area contributed by atoms with Gasteiger partial charge in [0.1, 0.15) is 12.0 Å². The second-order valence-electron chi connectivity index (χ2n) is 5.85. The molecular formula is C14H22N4O2. The molecule has 6 heteroatoms. The molecule has 2 fully saturated rings. The molecule has 0 spiro atoms. The van der Waals surface area contributed by atoms with Crippen LogP contribution in [0.15, 0.2) is 16.7 Å². The molecule has 1 aromatic heterocycles. The first-order valence-corrected chi connectivity index (χ1v) is 7.20. The van der Waals surface area contributed by atoms with E-state index in [-0.39, 0.29) is 5.91 Å². The molecule has 0 radical (unpaired) electrons. The summed E-state index contributed by atoms with van der Waals surface area (Å²) in [6.07, 6.45) is 5.30. The lowest BCUT2D eigenvalue weighted by atomic mass is 10.1. The van der Waals surface area contributed by atoms with E-state index in [2.05, 4.69) is 22.3 Å². The summed E-state index contributed by atoms with van der Waals surface area (Å²) in [6, 6.07) is 3.17. The lowest BCUT2D eigenvalue weighted by Crippen LogP contribution is -2.36. The van der Waals surface area contributed by atoms with Gasteiger partial charge in [-0.3, -0.25) is 20.0 Å². The molecule has 2 atom stereocenters. The summed E-state index contributed by atoms with van der Waals surface area (Å²) in [5.74, 6) is 5.63. The standard InChI is InChI=1S/C14H22N4O2/c1-17-11-2-3-12(17)7-18(5-4-11)8-13-6-10(9-20-13)14(19)16-15/h6,9,11-12H,2-5,7-8,15H2,1H3,(H,16,19). The average molecular weight is 278 g/mol. The normalized spacial score (nSPS) is 27.5. The summed E-state index contributed by atoms with van der Waals surface area (Å²) in [4.78, 5) is 16.3.